The lowest BCUT2D eigenvalue weighted by Gasteiger charge is -2.09. The molecule has 0 bridgehead atoms. The second kappa shape index (κ2) is 3.96. The van der Waals surface area contributed by atoms with E-state index in [-0.39, 0.29) is 24.4 Å². The molecule has 0 aliphatic carbocycles. The molecule has 5 heteroatoms. The normalized spacial score (nSPS) is 22.6. The van der Waals surface area contributed by atoms with Crippen LogP contribution in [0.4, 0.5) is 0 Å². The van der Waals surface area contributed by atoms with Crippen molar-refractivity contribution in [2.24, 2.45) is 21.6 Å². The van der Waals surface area contributed by atoms with Gasteiger partial charge in [-0.3, -0.25) is 4.79 Å². The number of rotatable bonds is 3. The number of carbonyl (C=O) groups is 1. The topological polar surface area (TPSA) is 88.0 Å². The van der Waals surface area contributed by atoms with Crippen LogP contribution in [-0.2, 0) is 4.79 Å². The zero-order chi connectivity index (χ0) is 8.97. The van der Waals surface area contributed by atoms with Gasteiger partial charge in [-0.25, -0.2) is 4.99 Å². The Balaban J connectivity index is 2.49. The van der Waals surface area contributed by atoms with Gasteiger partial charge in [0.05, 0.1) is 5.92 Å². The third-order valence-electron chi connectivity index (χ3n) is 1.60. The van der Waals surface area contributed by atoms with Crippen molar-refractivity contribution in [2.45, 2.75) is 12.8 Å². The van der Waals surface area contributed by atoms with Crippen LogP contribution >= 0.6 is 0 Å². The van der Waals surface area contributed by atoms with Gasteiger partial charge in [0.1, 0.15) is 0 Å². The molecule has 0 fully saturated rings. The largest absolute Gasteiger partial charge is 0.396 e. The maximum Gasteiger partial charge on any atom is 0.257 e. The highest BCUT2D eigenvalue weighted by Crippen LogP contribution is 2.08. The maximum atomic E-state index is 11.1. The Morgan fingerprint density at radius 2 is 2.42 bits per heavy atom. The Labute approximate surface area is 70.0 Å². The summed E-state index contributed by atoms with van der Waals surface area (Å²) in [6.45, 7) is 0.0802. The van der Waals surface area contributed by atoms with Crippen LogP contribution in [-0.4, -0.2) is 29.8 Å². The molecule has 1 unspecified atom stereocenters. The average Bonchev–Trinajstić information content (AvgIpc) is 2.03. The van der Waals surface area contributed by atoms with Crippen LogP contribution < -0.4 is 5.73 Å². The molecule has 1 amide bonds. The van der Waals surface area contributed by atoms with Crippen molar-refractivity contribution in [2.75, 3.05) is 6.61 Å². The number of amides is 1. The molecule has 0 saturated heterocycles. The molecule has 0 saturated carbocycles. The third kappa shape index (κ3) is 2.13. The minimum absolute atomic E-state index is 0.0141. The lowest BCUT2D eigenvalue weighted by Crippen LogP contribution is -2.24. The molecule has 3 N–H and O–H groups in total. The van der Waals surface area contributed by atoms with Gasteiger partial charge >= 0.3 is 0 Å². The van der Waals surface area contributed by atoms with E-state index < -0.39 is 0 Å². The maximum absolute atomic E-state index is 11.1. The molecule has 1 atom stereocenters. The van der Waals surface area contributed by atoms with E-state index in [1.807, 2.05) is 0 Å². The lowest BCUT2D eigenvalue weighted by molar-refractivity contribution is -0.119. The zero-order valence-corrected chi connectivity index (χ0v) is 6.60. The van der Waals surface area contributed by atoms with Crippen LogP contribution in [0.2, 0.25) is 0 Å². The Morgan fingerprint density at radius 1 is 1.67 bits per heavy atom. The quantitative estimate of drug-likeness (QED) is 0.585. The summed E-state index contributed by atoms with van der Waals surface area (Å²) in [5, 5.41) is 8.52. The van der Waals surface area contributed by atoms with Crippen LogP contribution in [0, 0.1) is 5.92 Å². The molecule has 1 heterocycles. The summed E-state index contributed by atoms with van der Waals surface area (Å²) >= 11 is 0. The van der Waals surface area contributed by atoms with Gasteiger partial charge in [0, 0.05) is 12.8 Å². The molecule has 1 aliphatic heterocycles. The summed E-state index contributed by atoms with van der Waals surface area (Å²) < 4.78 is 0. The number of hydrogen-bond acceptors (Lipinski definition) is 4. The lowest BCUT2D eigenvalue weighted by atomic mass is 10.0. The Kier molecular flexibility index (Phi) is 2.93. The number of aliphatic hydroxyl groups excluding tert-OH is 1. The van der Waals surface area contributed by atoms with Crippen LogP contribution in [0.1, 0.15) is 12.8 Å². The molecular weight excluding hydrogens is 158 g/mol. The van der Waals surface area contributed by atoms with Crippen molar-refractivity contribution in [1.82, 2.24) is 0 Å². The van der Waals surface area contributed by atoms with Gasteiger partial charge in [-0.1, -0.05) is 0 Å². The molecule has 66 valence electrons. The number of aliphatic hydroxyl groups is 1. The summed E-state index contributed by atoms with van der Waals surface area (Å²) in [5.41, 5.74) is 5.20. The summed E-state index contributed by atoms with van der Waals surface area (Å²) in [4.78, 5) is 18.3. The SMILES string of the molecule is NC1=NC(=O)C(CCCO)C=N1. The predicted octanol–water partition coefficient (Wildman–Crippen LogP) is -0.699. The van der Waals surface area contributed by atoms with E-state index in [0.29, 0.717) is 12.8 Å². The summed E-state index contributed by atoms with van der Waals surface area (Å²) in [6.07, 6.45) is 2.65. The standard InChI is InChI=1S/C7H11N3O2/c8-7-9-4-5(2-1-3-11)6(12)10-7/h4-5,11H,1-3H2,(H2,8,10,12). The van der Waals surface area contributed by atoms with Gasteiger partial charge in [-0.15, -0.1) is 0 Å². The van der Waals surface area contributed by atoms with E-state index in [1.165, 1.54) is 6.21 Å². The minimum Gasteiger partial charge on any atom is -0.396 e. The molecular formula is C7H11N3O2. The van der Waals surface area contributed by atoms with Crippen LogP contribution in [0.15, 0.2) is 9.98 Å². The molecule has 0 spiro atoms. The Morgan fingerprint density at radius 3 is 3.00 bits per heavy atom. The minimum atomic E-state index is -0.301. The van der Waals surface area contributed by atoms with Crippen LogP contribution in [0.3, 0.4) is 0 Å². The number of guanidine groups is 1. The average molecular weight is 169 g/mol. The van der Waals surface area contributed by atoms with Crippen molar-refractivity contribution < 1.29 is 9.90 Å². The molecule has 0 radical (unpaired) electrons. The number of nitrogens with zero attached hydrogens (tertiary/aromatic N) is 2. The highest BCUT2D eigenvalue weighted by Gasteiger charge is 2.18. The van der Waals surface area contributed by atoms with Crippen molar-refractivity contribution in [3.63, 3.8) is 0 Å². The molecule has 5 nitrogen and oxygen atoms in total. The summed E-state index contributed by atoms with van der Waals surface area (Å²) in [5.74, 6) is -0.555. The Bertz CT molecular complexity index is 235. The van der Waals surface area contributed by atoms with Gasteiger partial charge in [0.15, 0.2) is 0 Å². The fourth-order valence-electron chi connectivity index (χ4n) is 0.964. The highest BCUT2D eigenvalue weighted by molar-refractivity contribution is 6.07. The first-order chi connectivity index (χ1) is 5.74. The van der Waals surface area contributed by atoms with E-state index in [9.17, 15) is 4.79 Å². The van der Waals surface area contributed by atoms with Crippen LogP contribution in [0.25, 0.3) is 0 Å². The molecule has 12 heavy (non-hydrogen) atoms. The first kappa shape index (κ1) is 8.86. The van der Waals surface area contributed by atoms with E-state index in [0.717, 1.165) is 0 Å². The number of hydrogen-bond donors (Lipinski definition) is 2. The number of nitrogens with two attached hydrogens (primary N) is 1. The van der Waals surface area contributed by atoms with E-state index in [4.69, 9.17) is 10.8 Å². The molecule has 0 aromatic carbocycles. The highest BCUT2D eigenvalue weighted by atomic mass is 16.3. The van der Waals surface area contributed by atoms with E-state index >= 15 is 0 Å². The van der Waals surface area contributed by atoms with Gasteiger partial charge < -0.3 is 10.8 Å². The summed E-state index contributed by atoms with van der Waals surface area (Å²) in [6, 6.07) is 0. The summed E-state index contributed by atoms with van der Waals surface area (Å²) in [7, 11) is 0. The number of carbonyl (C=O) groups excluding carboxylic acids is 1. The fourth-order valence-corrected chi connectivity index (χ4v) is 0.964. The van der Waals surface area contributed by atoms with Crippen molar-refractivity contribution >= 4 is 18.1 Å². The zero-order valence-electron chi connectivity index (χ0n) is 6.60. The first-order valence-corrected chi connectivity index (χ1v) is 3.77. The van der Waals surface area contributed by atoms with Gasteiger partial charge in [0.2, 0.25) is 5.96 Å². The van der Waals surface area contributed by atoms with E-state index in [1.54, 1.807) is 0 Å². The smallest absolute Gasteiger partial charge is 0.257 e. The monoisotopic (exact) mass is 169 g/mol. The molecule has 0 aromatic rings. The van der Waals surface area contributed by atoms with Crippen LogP contribution in [0.5, 0.6) is 0 Å². The predicted molar refractivity (Wildman–Crippen MR) is 44.9 cm³/mol. The van der Waals surface area contributed by atoms with Gasteiger partial charge in [0.25, 0.3) is 5.91 Å². The molecule has 1 aliphatic rings. The van der Waals surface area contributed by atoms with Crippen molar-refractivity contribution in [1.29, 1.82) is 0 Å². The second-order valence-corrected chi connectivity index (χ2v) is 2.56. The molecule has 1 rings (SSSR count). The van der Waals surface area contributed by atoms with Gasteiger partial charge in [-0.05, 0) is 12.8 Å². The number of aliphatic imine (C=N–C) groups is 2. The fraction of sp³-hybridized carbons (Fsp3) is 0.571. The first-order valence-electron chi connectivity index (χ1n) is 3.77. The third-order valence-corrected chi connectivity index (χ3v) is 1.60. The second-order valence-electron chi connectivity index (χ2n) is 2.56. The van der Waals surface area contributed by atoms with Crippen molar-refractivity contribution in [3.05, 3.63) is 0 Å². The Hall–Kier alpha value is -1.23. The van der Waals surface area contributed by atoms with Crippen molar-refractivity contribution in [3.8, 4) is 0 Å². The molecule has 0 aromatic heterocycles. The van der Waals surface area contributed by atoms with Gasteiger partial charge in [-0.2, -0.15) is 4.99 Å². The van der Waals surface area contributed by atoms with E-state index in [2.05, 4.69) is 9.98 Å².